The quantitative estimate of drug-likeness (QED) is 0.0954. The molecule has 6 atom stereocenters. The van der Waals surface area contributed by atoms with Gasteiger partial charge in [0.05, 0.1) is 38.4 Å². The SMILES string of the molecule is C#CCOc1ccc(CO[C@]2(C(=O)OC)C[C@H](O)[C@@H](NC(=O)CO)[C@H]([C@H](O)[C@H](O)CNC(=O)Cc3ccc(O)cc3)O2)cc1. The van der Waals surface area contributed by atoms with E-state index in [9.17, 15) is 39.9 Å². The summed E-state index contributed by atoms with van der Waals surface area (Å²) >= 11 is 0. The highest BCUT2D eigenvalue weighted by molar-refractivity contribution is 5.79. The third-order valence-electron chi connectivity index (χ3n) is 6.80. The molecule has 0 unspecified atom stereocenters. The zero-order valence-corrected chi connectivity index (χ0v) is 23.9. The van der Waals surface area contributed by atoms with Gasteiger partial charge in [0.15, 0.2) is 0 Å². The summed E-state index contributed by atoms with van der Waals surface area (Å²) in [7, 11) is 1.06. The first-order valence-electron chi connectivity index (χ1n) is 13.6. The van der Waals surface area contributed by atoms with E-state index in [1.54, 1.807) is 36.4 Å². The van der Waals surface area contributed by atoms with Crippen molar-refractivity contribution in [1.29, 1.82) is 0 Å². The number of carbonyl (C=O) groups is 3. The fourth-order valence-corrected chi connectivity index (χ4v) is 4.52. The van der Waals surface area contributed by atoms with Gasteiger partial charge in [0.2, 0.25) is 11.8 Å². The Bertz CT molecular complexity index is 1300. The summed E-state index contributed by atoms with van der Waals surface area (Å²) in [6.07, 6.45) is -2.34. The second kappa shape index (κ2) is 16.0. The summed E-state index contributed by atoms with van der Waals surface area (Å²) in [6, 6.07) is 11.0. The van der Waals surface area contributed by atoms with E-state index in [1.807, 2.05) is 0 Å². The van der Waals surface area contributed by atoms with E-state index in [-0.39, 0.29) is 25.4 Å². The average Bonchev–Trinajstić information content (AvgIpc) is 3.03. The molecule has 2 amide bonds. The van der Waals surface area contributed by atoms with Crippen molar-refractivity contribution < 1.29 is 58.9 Å². The van der Waals surface area contributed by atoms with Crippen LogP contribution in [0.25, 0.3) is 0 Å². The minimum Gasteiger partial charge on any atom is -0.508 e. The zero-order chi connectivity index (χ0) is 32.3. The van der Waals surface area contributed by atoms with E-state index in [4.69, 9.17) is 25.4 Å². The summed E-state index contributed by atoms with van der Waals surface area (Å²) in [5.74, 6) is -1.93. The lowest BCUT2D eigenvalue weighted by molar-refractivity contribution is -0.315. The van der Waals surface area contributed by atoms with Gasteiger partial charge in [-0.25, -0.2) is 4.79 Å². The molecule has 0 aromatic heterocycles. The van der Waals surface area contributed by atoms with Gasteiger partial charge >= 0.3 is 5.97 Å². The Kier molecular flexibility index (Phi) is 12.5. The summed E-state index contributed by atoms with van der Waals surface area (Å²) in [4.78, 5) is 37.4. The number of ether oxygens (including phenoxy) is 4. The lowest BCUT2D eigenvalue weighted by atomic mass is 9.88. The number of methoxy groups -OCH3 is 1. The second-order valence-electron chi connectivity index (χ2n) is 9.98. The van der Waals surface area contributed by atoms with Crippen LogP contribution in [0.1, 0.15) is 17.5 Å². The Morgan fingerprint density at radius 3 is 2.36 bits per heavy atom. The molecule has 0 radical (unpaired) electrons. The number of phenols is 1. The van der Waals surface area contributed by atoms with Crippen LogP contribution >= 0.6 is 0 Å². The molecule has 3 rings (SSSR count). The number of rotatable bonds is 14. The van der Waals surface area contributed by atoms with Crippen molar-refractivity contribution in [3.05, 3.63) is 59.7 Å². The topological polar surface area (TPSA) is 213 Å². The first-order valence-corrected chi connectivity index (χ1v) is 13.6. The maximum Gasteiger partial charge on any atom is 0.366 e. The number of esters is 1. The van der Waals surface area contributed by atoms with Crippen LogP contribution in [-0.2, 0) is 41.6 Å². The normalized spacial score (nSPS) is 22.6. The third kappa shape index (κ3) is 9.13. The zero-order valence-electron chi connectivity index (χ0n) is 23.9. The fraction of sp³-hybridized carbons (Fsp3) is 0.433. The van der Waals surface area contributed by atoms with Crippen LogP contribution in [0.2, 0.25) is 0 Å². The number of hydrogen-bond acceptors (Lipinski definition) is 12. The van der Waals surface area contributed by atoms with Gasteiger partial charge in [0, 0.05) is 13.0 Å². The molecule has 44 heavy (non-hydrogen) atoms. The largest absolute Gasteiger partial charge is 0.508 e. The maximum absolute atomic E-state index is 13.0. The van der Waals surface area contributed by atoms with E-state index in [1.165, 1.54) is 12.1 Å². The van der Waals surface area contributed by atoms with Crippen molar-refractivity contribution in [1.82, 2.24) is 10.6 Å². The molecule has 238 valence electrons. The Morgan fingerprint density at radius 1 is 1.09 bits per heavy atom. The number of nitrogens with one attached hydrogen (secondary N) is 2. The van der Waals surface area contributed by atoms with Crippen LogP contribution in [0.15, 0.2) is 48.5 Å². The van der Waals surface area contributed by atoms with Crippen molar-refractivity contribution in [2.24, 2.45) is 0 Å². The molecule has 1 aliphatic rings. The monoisotopic (exact) mass is 616 g/mol. The molecule has 1 heterocycles. The molecule has 0 spiro atoms. The van der Waals surface area contributed by atoms with Gasteiger partial charge in [-0.2, -0.15) is 0 Å². The molecule has 14 nitrogen and oxygen atoms in total. The van der Waals surface area contributed by atoms with Crippen LogP contribution in [0, 0.1) is 12.3 Å². The predicted molar refractivity (Wildman–Crippen MR) is 152 cm³/mol. The lowest BCUT2D eigenvalue weighted by Gasteiger charge is -2.47. The fourth-order valence-electron chi connectivity index (χ4n) is 4.52. The average molecular weight is 617 g/mol. The van der Waals surface area contributed by atoms with Crippen LogP contribution in [0.4, 0.5) is 0 Å². The molecule has 1 fully saturated rings. The van der Waals surface area contributed by atoms with Crippen LogP contribution < -0.4 is 15.4 Å². The summed E-state index contributed by atoms with van der Waals surface area (Å²) < 4.78 is 22.0. The number of carbonyl (C=O) groups excluding carboxylic acids is 3. The van der Waals surface area contributed by atoms with Gasteiger partial charge < -0.3 is 55.1 Å². The second-order valence-corrected chi connectivity index (χ2v) is 9.98. The number of benzene rings is 2. The van der Waals surface area contributed by atoms with E-state index in [0.29, 0.717) is 16.9 Å². The van der Waals surface area contributed by atoms with Crippen LogP contribution in [0.5, 0.6) is 11.5 Å². The van der Waals surface area contributed by atoms with Gasteiger partial charge in [-0.1, -0.05) is 30.2 Å². The highest BCUT2D eigenvalue weighted by atomic mass is 16.7. The summed E-state index contributed by atoms with van der Waals surface area (Å²) in [5.41, 5.74) is 1.14. The molecular weight excluding hydrogens is 580 g/mol. The van der Waals surface area contributed by atoms with Gasteiger partial charge in [-0.3, -0.25) is 9.59 Å². The number of terminal acetylenes is 1. The Hall–Kier alpha value is -4.23. The Labute approximate surface area is 253 Å². The number of aliphatic hydroxyl groups is 4. The number of hydrogen-bond donors (Lipinski definition) is 7. The van der Waals surface area contributed by atoms with Gasteiger partial charge in [0.25, 0.3) is 5.79 Å². The summed E-state index contributed by atoms with van der Waals surface area (Å²) in [5, 5.41) is 56.3. The molecule has 7 N–H and O–H groups in total. The smallest absolute Gasteiger partial charge is 0.366 e. The third-order valence-corrected chi connectivity index (χ3v) is 6.80. The molecule has 1 aliphatic heterocycles. The lowest BCUT2D eigenvalue weighted by Crippen LogP contribution is -2.68. The number of aromatic hydroxyl groups is 1. The standard InChI is InChI=1S/C30H36N2O12/c1-3-12-42-21-10-6-19(7-11-21)17-43-30(29(40)41-2)14-22(35)26(32-25(38)16-33)28(44-30)27(39)23(36)15-31-24(37)13-18-4-8-20(34)9-5-18/h1,4-11,22-23,26-28,33-36,39H,12-17H2,2H3,(H,31,37)(H,32,38)/t22-,23+,26+,27+,28+,30+/m0/s1. The van der Waals surface area contributed by atoms with E-state index < -0.39 is 73.6 Å². The Morgan fingerprint density at radius 2 is 1.75 bits per heavy atom. The van der Waals surface area contributed by atoms with Crippen molar-refractivity contribution in [3.63, 3.8) is 0 Å². The summed E-state index contributed by atoms with van der Waals surface area (Å²) in [6.45, 7) is -1.60. The number of phenolic OH excluding ortho intramolecular Hbond substituents is 1. The van der Waals surface area contributed by atoms with Gasteiger partial charge in [0.1, 0.15) is 36.9 Å². The van der Waals surface area contributed by atoms with Gasteiger partial charge in [-0.05, 0) is 35.4 Å². The highest BCUT2D eigenvalue weighted by Crippen LogP contribution is 2.35. The maximum atomic E-state index is 13.0. The molecule has 0 bridgehead atoms. The van der Waals surface area contributed by atoms with E-state index >= 15 is 0 Å². The van der Waals surface area contributed by atoms with Gasteiger partial charge in [-0.15, -0.1) is 6.42 Å². The first kappa shape index (κ1) is 34.3. The predicted octanol–water partition coefficient (Wildman–Crippen LogP) is -1.50. The molecule has 2 aromatic carbocycles. The van der Waals surface area contributed by atoms with Crippen LogP contribution in [0.3, 0.4) is 0 Å². The minimum absolute atomic E-state index is 0.0285. The van der Waals surface area contributed by atoms with Crippen molar-refractivity contribution in [2.45, 2.75) is 55.7 Å². The first-order chi connectivity index (χ1) is 21.0. The minimum atomic E-state index is -2.29. The van der Waals surface area contributed by atoms with E-state index in [0.717, 1.165) is 7.11 Å². The number of amides is 2. The van der Waals surface area contributed by atoms with E-state index in [2.05, 4.69) is 16.6 Å². The Balaban J connectivity index is 1.77. The molecule has 1 saturated heterocycles. The molecular formula is C30H36N2O12. The highest BCUT2D eigenvalue weighted by Gasteiger charge is 2.56. The molecule has 0 saturated carbocycles. The molecule has 14 heteroatoms. The van der Waals surface area contributed by atoms with Crippen molar-refractivity contribution >= 4 is 17.8 Å². The number of aliphatic hydroxyl groups excluding tert-OH is 4. The molecule has 2 aromatic rings. The van der Waals surface area contributed by atoms with Crippen molar-refractivity contribution in [3.8, 4) is 23.8 Å². The van der Waals surface area contributed by atoms with Crippen LogP contribution in [-0.4, -0.2) is 106 Å². The molecule has 0 aliphatic carbocycles. The van der Waals surface area contributed by atoms with Crippen molar-refractivity contribution in [2.75, 3.05) is 26.9 Å².